The number of aromatic nitrogens is 2. The van der Waals surface area contributed by atoms with Gasteiger partial charge in [-0.25, -0.2) is 9.78 Å². The van der Waals surface area contributed by atoms with E-state index in [-0.39, 0.29) is 11.6 Å². The molecule has 0 saturated carbocycles. The molecule has 0 radical (unpaired) electrons. The molecule has 5 nitrogen and oxygen atoms in total. The van der Waals surface area contributed by atoms with Crippen LogP contribution >= 0.6 is 12.6 Å². The van der Waals surface area contributed by atoms with Crippen molar-refractivity contribution in [2.45, 2.75) is 13.0 Å². The summed E-state index contributed by atoms with van der Waals surface area (Å²) in [5.74, 6) is 0.437. The van der Waals surface area contributed by atoms with E-state index in [1.807, 2.05) is 24.3 Å². The van der Waals surface area contributed by atoms with Gasteiger partial charge in [-0.05, 0) is 29.5 Å². The second kappa shape index (κ2) is 6.91. The number of hydrogen-bond donors (Lipinski definition) is 2. The minimum Gasteiger partial charge on any atom is -0.326 e. The summed E-state index contributed by atoms with van der Waals surface area (Å²) < 4.78 is 1.51. The Morgan fingerprint density at radius 1 is 1.35 bits per heavy atom. The quantitative estimate of drug-likeness (QED) is 0.821. The van der Waals surface area contributed by atoms with Gasteiger partial charge < -0.3 is 5.32 Å². The van der Waals surface area contributed by atoms with Gasteiger partial charge in [0.25, 0.3) is 0 Å². The number of amides is 1. The summed E-state index contributed by atoms with van der Waals surface area (Å²) in [7, 11) is 0. The molecular formula is C14H15N3O2S. The van der Waals surface area contributed by atoms with Crippen molar-refractivity contribution in [2.75, 3.05) is 11.1 Å². The number of rotatable bonds is 5. The van der Waals surface area contributed by atoms with E-state index in [1.165, 1.54) is 10.8 Å². The Balaban J connectivity index is 2.12. The average Bonchev–Trinajstić information content (AvgIpc) is 2.42. The van der Waals surface area contributed by atoms with Crippen molar-refractivity contribution >= 4 is 24.2 Å². The minimum atomic E-state index is -0.294. The fourth-order valence-corrected chi connectivity index (χ4v) is 1.98. The zero-order valence-electron chi connectivity index (χ0n) is 10.8. The molecule has 1 aromatic heterocycles. The van der Waals surface area contributed by atoms with E-state index in [1.54, 1.807) is 12.3 Å². The standard InChI is InChI=1S/C14H15N3O2S/c18-13(5-8-20)16-12-4-1-3-11(9-12)10-17-7-2-6-15-14(17)19/h1-4,6-7,9,20H,5,8,10H2,(H,16,18). The topological polar surface area (TPSA) is 64.0 Å². The number of nitrogens with zero attached hydrogens (tertiary/aromatic N) is 2. The molecule has 0 spiro atoms. The second-order valence-corrected chi connectivity index (χ2v) is 4.70. The van der Waals surface area contributed by atoms with E-state index >= 15 is 0 Å². The van der Waals surface area contributed by atoms with Gasteiger partial charge >= 0.3 is 5.69 Å². The molecule has 0 aliphatic heterocycles. The molecular weight excluding hydrogens is 274 g/mol. The van der Waals surface area contributed by atoms with E-state index in [9.17, 15) is 9.59 Å². The van der Waals surface area contributed by atoms with E-state index in [0.29, 0.717) is 24.4 Å². The Morgan fingerprint density at radius 3 is 2.95 bits per heavy atom. The van der Waals surface area contributed by atoms with Crippen LogP contribution in [0.3, 0.4) is 0 Å². The highest BCUT2D eigenvalue weighted by Crippen LogP contribution is 2.11. The monoisotopic (exact) mass is 289 g/mol. The summed E-state index contributed by atoms with van der Waals surface area (Å²) >= 11 is 4.02. The smallest absolute Gasteiger partial charge is 0.326 e. The maximum absolute atomic E-state index is 11.5. The van der Waals surface area contributed by atoms with E-state index in [0.717, 1.165) is 5.56 Å². The lowest BCUT2D eigenvalue weighted by Crippen LogP contribution is -2.22. The summed E-state index contributed by atoms with van der Waals surface area (Å²) in [5.41, 5.74) is 1.34. The Kier molecular flexibility index (Phi) is 4.95. The highest BCUT2D eigenvalue weighted by Gasteiger charge is 2.03. The number of benzene rings is 1. The summed E-state index contributed by atoms with van der Waals surface area (Å²) in [6.07, 6.45) is 3.52. The largest absolute Gasteiger partial charge is 0.347 e. The van der Waals surface area contributed by atoms with Gasteiger partial charge in [0.05, 0.1) is 6.54 Å². The lowest BCUT2D eigenvalue weighted by atomic mass is 10.2. The molecule has 0 atom stereocenters. The van der Waals surface area contributed by atoms with Crippen LogP contribution in [0.2, 0.25) is 0 Å². The van der Waals surface area contributed by atoms with Gasteiger partial charge in [0.2, 0.25) is 5.91 Å². The van der Waals surface area contributed by atoms with Gasteiger partial charge in [0.15, 0.2) is 0 Å². The molecule has 1 heterocycles. The molecule has 0 saturated heterocycles. The van der Waals surface area contributed by atoms with Gasteiger partial charge in [-0.1, -0.05) is 12.1 Å². The molecule has 0 bridgehead atoms. The number of carbonyl (C=O) groups excluding carboxylic acids is 1. The van der Waals surface area contributed by atoms with Crippen LogP contribution in [0.4, 0.5) is 5.69 Å². The SMILES string of the molecule is O=C(CCS)Nc1cccc(Cn2cccnc2=O)c1. The first-order valence-corrected chi connectivity index (χ1v) is 6.83. The predicted octanol–water partition coefficient (Wildman–Crippen LogP) is 1.55. The van der Waals surface area contributed by atoms with Crippen molar-refractivity contribution in [3.8, 4) is 0 Å². The first kappa shape index (κ1) is 14.3. The fourth-order valence-electron chi connectivity index (χ4n) is 1.78. The molecule has 2 aromatic rings. The number of carbonyl (C=O) groups is 1. The third-order valence-corrected chi connectivity index (χ3v) is 2.91. The first-order valence-electron chi connectivity index (χ1n) is 6.20. The zero-order chi connectivity index (χ0) is 14.4. The van der Waals surface area contributed by atoms with E-state index in [4.69, 9.17) is 0 Å². The summed E-state index contributed by atoms with van der Waals surface area (Å²) in [6, 6.07) is 9.10. The third-order valence-electron chi connectivity index (χ3n) is 2.69. The van der Waals surface area contributed by atoms with Gasteiger partial charge in [0.1, 0.15) is 0 Å². The predicted molar refractivity (Wildman–Crippen MR) is 81.1 cm³/mol. The lowest BCUT2D eigenvalue weighted by Gasteiger charge is -2.08. The molecule has 0 aliphatic carbocycles. The molecule has 1 aromatic carbocycles. The Morgan fingerprint density at radius 2 is 2.20 bits per heavy atom. The maximum atomic E-state index is 11.5. The summed E-state index contributed by atoms with van der Waals surface area (Å²) in [5, 5.41) is 2.79. The fraction of sp³-hybridized carbons (Fsp3) is 0.214. The minimum absolute atomic E-state index is 0.0734. The van der Waals surface area contributed by atoms with Crippen molar-refractivity contribution in [3.63, 3.8) is 0 Å². The van der Waals surface area contributed by atoms with Crippen LogP contribution in [-0.2, 0) is 11.3 Å². The Bertz CT molecular complexity index is 655. The van der Waals surface area contributed by atoms with Crippen molar-refractivity contribution in [3.05, 3.63) is 58.8 Å². The van der Waals surface area contributed by atoms with Crippen LogP contribution in [0.5, 0.6) is 0 Å². The summed E-state index contributed by atoms with van der Waals surface area (Å²) in [6.45, 7) is 0.420. The first-order chi connectivity index (χ1) is 9.69. The zero-order valence-corrected chi connectivity index (χ0v) is 11.7. The van der Waals surface area contributed by atoms with Crippen molar-refractivity contribution in [1.82, 2.24) is 9.55 Å². The normalized spacial score (nSPS) is 10.2. The second-order valence-electron chi connectivity index (χ2n) is 4.25. The number of nitrogens with one attached hydrogen (secondary N) is 1. The van der Waals surface area contributed by atoms with Gasteiger partial charge in [0, 0.05) is 24.5 Å². The number of anilines is 1. The molecule has 1 amide bonds. The highest BCUT2D eigenvalue weighted by atomic mass is 32.1. The van der Waals surface area contributed by atoms with Crippen LogP contribution < -0.4 is 11.0 Å². The molecule has 0 aliphatic rings. The van der Waals surface area contributed by atoms with Crippen LogP contribution in [0.25, 0.3) is 0 Å². The van der Waals surface area contributed by atoms with Gasteiger partial charge in [-0.15, -0.1) is 0 Å². The molecule has 1 N–H and O–H groups in total. The molecule has 0 unspecified atom stereocenters. The van der Waals surface area contributed by atoms with Crippen molar-refractivity contribution in [1.29, 1.82) is 0 Å². The Labute approximate surface area is 122 Å². The van der Waals surface area contributed by atoms with Crippen molar-refractivity contribution in [2.24, 2.45) is 0 Å². The number of hydrogen-bond acceptors (Lipinski definition) is 4. The molecule has 2 rings (SSSR count). The van der Waals surface area contributed by atoms with Crippen molar-refractivity contribution < 1.29 is 4.79 Å². The van der Waals surface area contributed by atoms with E-state index in [2.05, 4.69) is 22.9 Å². The van der Waals surface area contributed by atoms with Crippen LogP contribution in [0.1, 0.15) is 12.0 Å². The Hall–Kier alpha value is -2.08. The molecule has 104 valence electrons. The molecule has 6 heteroatoms. The average molecular weight is 289 g/mol. The van der Waals surface area contributed by atoms with Crippen LogP contribution in [0.15, 0.2) is 47.5 Å². The highest BCUT2D eigenvalue weighted by molar-refractivity contribution is 7.80. The summed E-state index contributed by atoms with van der Waals surface area (Å²) in [4.78, 5) is 26.8. The van der Waals surface area contributed by atoms with E-state index < -0.39 is 0 Å². The molecule has 0 fully saturated rings. The maximum Gasteiger partial charge on any atom is 0.347 e. The van der Waals surface area contributed by atoms with Crippen LogP contribution in [-0.4, -0.2) is 21.2 Å². The third kappa shape index (κ3) is 3.96. The molecule has 20 heavy (non-hydrogen) atoms. The number of thiol groups is 1. The van der Waals surface area contributed by atoms with Crippen LogP contribution in [0, 0.1) is 0 Å². The lowest BCUT2D eigenvalue weighted by molar-refractivity contribution is -0.115. The van der Waals surface area contributed by atoms with Gasteiger partial charge in [-0.2, -0.15) is 12.6 Å². The van der Waals surface area contributed by atoms with Gasteiger partial charge in [-0.3, -0.25) is 9.36 Å².